The third-order valence-electron chi connectivity index (χ3n) is 4.84. The Balaban J connectivity index is 1.83. The number of hydrogen-bond acceptors (Lipinski definition) is 1. The van der Waals surface area contributed by atoms with Gasteiger partial charge < -0.3 is 0 Å². The molecule has 0 bridgehead atoms. The molecule has 126 valence electrons. The number of benzene rings is 2. The zero-order valence-electron chi connectivity index (χ0n) is 15.2. The van der Waals surface area contributed by atoms with Crippen LogP contribution >= 0.6 is 0 Å². The van der Waals surface area contributed by atoms with Gasteiger partial charge in [-0.25, -0.2) is 0 Å². The van der Waals surface area contributed by atoms with Crippen LogP contribution in [0.2, 0.25) is 0 Å². The molecule has 0 fully saturated rings. The molecule has 1 aliphatic carbocycles. The Bertz CT molecular complexity index is 1100. The number of allylic oxidation sites excluding steroid dienone is 4. The van der Waals surface area contributed by atoms with Gasteiger partial charge in [-0.15, -0.1) is 0 Å². The van der Waals surface area contributed by atoms with Crippen molar-refractivity contribution in [2.24, 2.45) is 0 Å². The second-order valence-electron chi connectivity index (χ2n) is 6.72. The molecule has 1 aliphatic rings. The normalized spacial score (nSPS) is 13.6. The minimum absolute atomic E-state index is 0.989. The minimum Gasteiger partial charge on any atom is -0.262 e. The molecule has 26 heavy (non-hydrogen) atoms. The maximum Gasteiger partial charge on any atom is 0.0385 e. The molecule has 0 spiro atoms. The molecule has 2 aromatic carbocycles. The Kier molecular flexibility index (Phi) is 4.42. The number of fused-ring (bicyclic) bond motifs is 1. The van der Waals surface area contributed by atoms with Gasteiger partial charge in [-0.2, -0.15) is 0 Å². The van der Waals surface area contributed by atoms with Gasteiger partial charge in [0.2, 0.25) is 0 Å². The van der Waals surface area contributed by atoms with Gasteiger partial charge in [0, 0.05) is 23.0 Å². The highest BCUT2D eigenvalue weighted by Gasteiger charge is 2.11. The van der Waals surface area contributed by atoms with E-state index in [1.54, 1.807) is 0 Å². The topological polar surface area (TPSA) is 12.9 Å². The van der Waals surface area contributed by atoms with E-state index in [9.17, 15) is 0 Å². The monoisotopic (exact) mass is 335 g/mol. The van der Waals surface area contributed by atoms with E-state index < -0.39 is 0 Å². The zero-order valence-corrected chi connectivity index (χ0v) is 15.2. The van der Waals surface area contributed by atoms with Gasteiger partial charge in [0.25, 0.3) is 0 Å². The van der Waals surface area contributed by atoms with Crippen LogP contribution < -0.4 is 0 Å². The number of aromatic nitrogens is 1. The van der Waals surface area contributed by atoms with Crippen molar-refractivity contribution in [3.63, 3.8) is 0 Å². The average Bonchev–Trinajstić information content (AvgIpc) is 2.66. The van der Waals surface area contributed by atoms with Gasteiger partial charge in [-0.3, -0.25) is 4.98 Å². The van der Waals surface area contributed by atoms with Gasteiger partial charge in [-0.1, -0.05) is 54.3 Å². The molecule has 0 N–H and O–H groups in total. The highest BCUT2D eigenvalue weighted by molar-refractivity contribution is 6.00. The predicted molar refractivity (Wildman–Crippen MR) is 110 cm³/mol. The summed E-state index contributed by atoms with van der Waals surface area (Å²) >= 11 is 0. The maximum atomic E-state index is 4.24. The molecule has 0 amide bonds. The summed E-state index contributed by atoms with van der Waals surface area (Å²) in [5.74, 6) is 6.65. The quantitative estimate of drug-likeness (QED) is 0.492. The van der Waals surface area contributed by atoms with Crippen molar-refractivity contribution in [2.75, 3.05) is 0 Å². The lowest BCUT2D eigenvalue weighted by molar-refractivity contribution is 1.02. The number of nitrogens with zero attached hydrogens (tertiary/aromatic N) is 1. The Hall–Kier alpha value is -3.11. The summed E-state index contributed by atoms with van der Waals surface area (Å²) in [6.07, 6.45) is 8.77. The lowest BCUT2D eigenvalue weighted by Crippen LogP contribution is -1.94. The predicted octanol–water partition coefficient (Wildman–Crippen LogP) is 6.07. The molecule has 0 aliphatic heterocycles. The standard InChI is InChI=1S/C25H21N/c1-18-7-3-4-9-22(18)24-12-6-10-23-21(8-5-11-25(23)24)14-13-20-15-16-26-19(2)17-20/h5-12,15-17H,3-4H2,1-2H3. The average molecular weight is 335 g/mol. The summed E-state index contributed by atoms with van der Waals surface area (Å²) in [5.41, 5.74) is 7.09. The van der Waals surface area contributed by atoms with Crippen LogP contribution in [0.5, 0.6) is 0 Å². The van der Waals surface area contributed by atoms with Crippen LogP contribution in [0, 0.1) is 18.8 Å². The molecular formula is C25H21N. The first-order valence-corrected chi connectivity index (χ1v) is 9.06. The Morgan fingerprint density at radius 3 is 2.50 bits per heavy atom. The first-order chi connectivity index (χ1) is 12.7. The van der Waals surface area contributed by atoms with Gasteiger partial charge in [0.15, 0.2) is 0 Å². The van der Waals surface area contributed by atoms with Crippen LogP contribution in [0.15, 0.2) is 72.5 Å². The van der Waals surface area contributed by atoms with Crippen LogP contribution in [0.4, 0.5) is 0 Å². The Morgan fingerprint density at radius 2 is 1.65 bits per heavy atom. The second-order valence-corrected chi connectivity index (χ2v) is 6.72. The van der Waals surface area contributed by atoms with Gasteiger partial charge in [0.05, 0.1) is 0 Å². The minimum atomic E-state index is 0.989. The summed E-state index contributed by atoms with van der Waals surface area (Å²) in [7, 11) is 0. The second kappa shape index (κ2) is 7.02. The molecule has 1 nitrogen and oxygen atoms in total. The Labute approximate surface area is 155 Å². The molecule has 0 radical (unpaired) electrons. The molecule has 1 aromatic heterocycles. The van der Waals surface area contributed by atoms with Crippen LogP contribution in [0.25, 0.3) is 16.3 Å². The van der Waals surface area contributed by atoms with Crippen molar-refractivity contribution < 1.29 is 0 Å². The smallest absolute Gasteiger partial charge is 0.0385 e. The molecule has 0 unspecified atom stereocenters. The molecule has 3 aromatic rings. The molecule has 1 heteroatoms. The molecule has 0 atom stereocenters. The molecule has 0 saturated heterocycles. The van der Waals surface area contributed by atoms with E-state index in [0.717, 1.165) is 29.7 Å². The summed E-state index contributed by atoms with van der Waals surface area (Å²) in [6, 6.07) is 16.9. The van der Waals surface area contributed by atoms with E-state index in [1.807, 2.05) is 25.3 Å². The van der Waals surface area contributed by atoms with E-state index in [-0.39, 0.29) is 0 Å². The van der Waals surface area contributed by atoms with Crippen molar-refractivity contribution in [3.05, 3.63) is 94.8 Å². The summed E-state index contributed by atoms with van der Waals surface area (Å²) < 4.78 is 0. The van der Waals surface area contributed by atoms with E-state index in [1.165, 1.54) is 27.5 Å². The van der Waals surface area contributed by atoms with Crippen molar-refractivity contribution in [3.8, 4) is 11.8 Å². The maximum absolute atomic E-state index is 4.24. The summed E-state index contributed by atoms with van der Waals surface area (Å²) in [5, 5.41) is 2.48. The van der Waals surface area contributed by atoms with Gasteiger partial charge in [-0.05, 0) is 72.4 Å². The number of pyridine rings is 1. The third-order valence-corrected chi connectivity index (χ3v) is 4.84. The molecule has 4 rings (SSSR count). The largest absolute Gasteiger partial charge is 0.262 e. The fourth-order valence-electron chi connectivity index (χ4n) is 3.54. The van der Waals surface area contributed by atoms with Gasteiger partial charge >= 0.3 is 0 Å². The van der Waals surface area contributed by atoms with Crippen LogP contribution in [-0.2, 0) is 0 Å². The van der Waals surface area contributed by atoms with Crippen molar-refractivity contribution in [2.45, 2.75) is 26.7 Å². The third kappa shape index (κ3) is 3.19. The van der Waals surface area contributed by atoms with E-state index in [2.05, 4.69) is 72.3 Å². The highest BCUT2D eigenvalue weighted by atomic mass is 14.6. The number of hydrogen-bond donors (Lipinski definition) is 0. The number of rotatable bonds is 1. The number of aryl methyl sites for hydroxylation is 1. The zero-order chi connectivity index (χ0) is 17.9. The summed E-state index contributed by atoms with van der Waals surface area (Å²) in [6.45, 7) is 4.20. The van der Waals surface area contributed by atoms with Crippen molar-refractivity contribution in [1.82, 2.24) is 4.98 Å². The van der Waals surface area contributed by atoms with E-state index in [0.29, 0.717) is 0 Å². The summed E-state index contributed by atoms with van der Waals surface area (Å²) in [4.78, 5) is 4.24. The van der Waals surface area contributed by atoms with E-state index in [4.69, 9.17) is 0 Å². The fraction of sp³-hybridized carbons (Fsp3) is 0.160. The first-order valence-electron chi connectivity index (χ1n) is 9.06. The Morgan fingerprint density at radius 1 is 0.846 bits per heavy atom. The lowest BCUT2D eigenvalue weighted by Gasteiger charge is -2.16. The fourth-order valence-corrected chi connectivity index (χ4v) is 3.54. The SMILES string of the molecule is CC1=CCCC=C1c1cccc2c(C#Cc3ccnc(C)c3)cccc12. The van der Waals surface area contributed by atoms with Crippen molar-refractivity contribution in [1.29, 1.82) is 0 Å². The van der Waals surface area contributed by atoms with Crippen LogP contribution in [-0.4, -0.2) is 4.98 Å². The molecule has 0 saturated carbocycles. The molecule has 1 heterocycles. The highest BCUT2D eigenvalue weighted by Crippen LogP contribution is 2.33. The first kappa shape index (κ1) is 16.4. The van der Waals surface area contributed by atoms with E-state index >= 15 is 0 Å². The van der Waals surface area contributed by atoms with Gasteiger partial charge in [0.1, 0.15) is 0 Å². The van der Waals surface area contributed by atoms with Crippen LogP contribution in [0.1, 0.15) is 42.1 Å². The van der Waals surface area contributed by atoms with Crippen LogP contribution in [0.3, 0.4) is 0 Å². The lowest BCUT2D eigenvalue weighted by atomic mass is 9.89. The van der Waals surface area contributed by atoms with Crippen molar-refractivity contribution >= 4 is 16.3 Å². The molecular weight excluding hydrogens is 314 g/mol.